The zero-order chi connectivity index (χ0) is 15.2. The second-order valence-corrected chi connectivity index (χ2v) is 4.69. The molecule has 0 aliphatic heterocycles. The predicted octanol–water partition coefficient (Wildman–Crippen LogP) is 3.26. The number of pyridine rings is 1. The van der Waals surface area contributed by atoms with Gasteiger partial charge in [-0.15, -0.1) is 0 Å². The third kappa shape index (κ3) is 3.98. The number of hydrogen-bond donors (Lipinski definition) is 1. The van der Waals surface area contributed by atoms with E-state index in [0.717, 1.165) is 11.6 Å². The molecule has 1 N–H and O–H groups in total. The Labute approximate surface area is 123 Å². The molecule has 0 aliphatic carbocycles. The Kier molecular flexibility index (Phi) is 5.22. The van der Waals surface area contributed by atoms with Crippen molar-refractivity contribution in [3.63, 3.8) is 0 Å². The van der Waals surface area contributed by atoms with Crippen LogP contribution in [0.25, 0.3) is 0 Å². The molecule has 0 aliphatic rings. The summed E-state index contributed by atoms with van der Waals surface area (Å²) in [6, 6.07) is 7.08. The van der Waals surface area contributed by atoms with E-state index in [2.05, 4.69) is 10.3 Å². The molecule has 1 aromatic carbocycles. The van der Waals surface area contributed by atoms with Crippen LogP contribution in [0.4, 0.5) is 8.78 Å². The lowest BCUT2D eigenvalue weighted by molar-refractivity contribution is 0.397. The number of hydrogen-bond acceptors (Lipinski definition) is 3. The van der Waals surface area contributed by atoms with Gasteiger partial charge in [0.05, 0.1) is 7.11 Å². The average molecular weight is 292 g/mol. The molecule has 2 aromatic rings. The predicted molar refractivity (Wildman–Crippen MR) is 77.3 cm³/mol. The summed E-state index contributed by atoms with van der Waals surface area (Å²) in [5.41, 5.74) is 1.40. The van der Waals surface area contributed by atoms with Crippen molar-refractivity contribution in [1.82, 2.24) is 10.3 Å². The molecule has 2 rings (SSSR count). The van der Waals surface area contributed by atoms with Crippen LogP contribution < -0.4 is 10.1 Å². The lowest BCUT2D eigenvalue weighted by Gasteiger charge is -2.19. The van der Waals surface area contributed by atoms with Gasteiger partial charge in [-0.05, 0) is 24.6 Å². The topological polar surface area (TPSA) is 34.1 Å². The molecule has 21 heavy (non-hydrogen) atoms. The molecular formula is C16H18F2N2O. The minimum Gasteiger partial charge on any atom is -0.481 e. The van der Waals surface area contributed by atoms with Crippen molar-refractivity contribution in [3.8, 4) is 5.88 Å². The average Bonchev–Trinajstić information content (AvgIpc) is 2.48. The Bertz CT molecular complexity index is 587. The van der Waals surface area contributed by atoms with Gasteiger partial charge < -0.3 is 10.1 Å². The van der Waals surface area contributed by atoms with Crippen LogP contribution in [0.15, 0.2) is 36.5 Å². The molecule has 0 radical (unpaired) electrons. The molecule has 0 saturated carbocycles. The first-order chi connectivity index (χ1) is 10.1. The zero-order valence-electron chi connectivity index (χ0n) is 12.1. The van der Waals surface area contributed by atoms with E-state index < -0.39 is 11.6 Å². The number of aromatic nitrogens is 1. The molecular weight excluding hydrogens is 274 g/mol. The van der Waals surface area contributed by atoms with Gasteiger partial charge in [0.2, 0.25) is 5.88 Å². The van der Waals surface area contributed by atoms with E-state index in [4.69, 9.17) is 4.74 Å². The first kappa shape index (κ1) is 15.4. The Morgan fingerprint density at radius 1 is 1.24 bits per heavy atom. The van der Waals surface area contributed by atoms with E-state index in [1.807, 2.05) is 13.0 Å². The fraction of sp³-hybridized carbons (Fsp3) is 0.312. The van der Waals surface area contributed by atoms with Crippen molar-refractivity contribution in [1.29, 1.82) is 0 Å². The summed E-state index contributed by atoms with van der Waals surface area (Å²) in [5.74, 6) is -0.577. The van der Waals surface area contributed by atoms with Gasteiger partial charge >= 0.3 is 0 Å². The fourth-order valence-corrected chi connectivity index (χ4v) is 2.21. The standard InChI is InChI=1S/C16H18F2N2O/c1-3-19-15(13-6-5-12(17)9-14(13)18)8-11-4-7-16(21-2)20-10-11/h4-7,9-10,15,19H,3,8H2,1-2H3. The molecule has 0 fully saturated rings. The van der Waals surface area contributed by atoms with E-state index in [9.17, 15) is 8.78 Å². The first-order valence-corrected chi connectivity index (χ1v) is 6.81. The van der Waals surface area contributed by atoms with Crippen molar-refractivity contribution in [2.24, 2.45) is 0 Å². The Balaban J connectivity index is 2.21. The van der Waals surface area contributed by atoms with Crippen molar-refractivity contribution >= 4 is 0 Å². The highest BCUT2D eigenvalue weighted by atomic mass is 19.1. The normalized spacial score (nSPS) is 12.2. The van der Waals surface area contributed by atoms with Crippen LogP contribution in [0.5, 0.6) is 5.88 Å². The van der Waals surface area contributed by atoms with E-state index >= 15 is 0 Å². The number of methoxy groups -OCH3 is 1. The first-order valence-electron chi connectivity index (χ1n) is 6.81. The number of halogens is 2. The van der Waals surface area contributed by atoms with E-state index in [0.29, 0.717) is 24.4 Å². The second-order valence-electron chi connectivity index (χ2n) is 4.69. The summed E-state index contributed by atoms with van der Waals surface area (Å²) in [7, 11) is 1.55. The summed E-state index contributed by atoms with van der Waals surface area (Å²) in [6.45, 7) is 2.63. The molecule has 1 heterocycles. The zero-order valence-corrected chi connectivity index (χ0v) is 12.1. The number of ether oxygens (including phenoxy) is 1. The van der Waals surface area contributed by atoms with Crippen LogP contribution in [0.2, 0.25) is 0 Å². The van der Waals surface area contributed by atoms with Crippen LogP contribution >= 0.6 is 0 Å². The Morgan fingerprint density at radius 3 is 2.62 bits per heavy atom. The highest BCUT2D eigenvalue weighted by Crippen LogP contribution is 2.22. The molecule has 0 bridgehead atoms. The van der Waals surface area contributed by atoms with Gasteiger partial charge in [-0.2, -0.15) is 0 Å². The SMILES string of the molecule is CCNC(Cc1ccc(OC)nc1)c1ccc(F)cc1F. The molecule has 3 nitrogen and oxygen atoms in total. The molecule has 1 unspecified atom stereocenters. The van der Waals surface area contributed by atoms with Crippen LogP contribution in [-0.4, -0.2) is 18.6 Å². The van der Waals surface area contributed by atoms with Gasteiger partial charge in [-0.25, -0.2) is 13.8 Å². The maximum atomic E-state index is 13.9. The van der Waals surface area contributed by atoms with Crippen molar-refractivity contribution in [3.05, 3.63) is 59.3 Å². The number of nitrogens with one attached hydrogen (secondary N) is 1. The summed E-state index contributed by atoms with van der Waals surface area (Å²) in [4.78, 5) is 4.14. The molecule has 5 heteroatoms. The maximum Gasteiger partial charge on any atom is 0.212 e. The summed E-state index contributed by atoms with van der Waals surface area (Å²) in [5, 5.41) is 3.21. The molecule has 1 atom stereocenters. The lowest BCUT2D eigenvalue weighted by atomic mass is 9.99. The molecule has 0 spiro atoms. The lowest BCUT2D eigenvalue weighted by Crippen LogP contribution is -2.24. The highest BCUT2D eigenvalue weighted by molar-refractivity contribution is 5.26. The molecule has 0 saturated heterocycles. The van der Waals surface area contributed by atoms with Crippen LogP contribution in [0.1, 0.15) is 24.1 Å². The third-order valence-corrected chi connectivity index (χ3v) is 3.24. The second kappa shape index (κ2) is 7.13. The van der Waals surface area contributed by atoms with Gasteiger partial charge in [0, 0.05) is 29.9 Å². The minimum atomic E-state index is -0.572. The Hall–Kier alpha value is -2.01. The highest BCUT2D eigenvalue weighted by Gasteiger charge is 2.16. The fourth-order valence-electron chi connectivity index (χ4n) is 2.21. The van der Waals surface area contributed by atoms with Gasteiger partial charge in [0.15, 0.2) is 0 Å². The Morgan fingerprint density at radius 2 is 2.05 bits per heavy atom. The van der Waals surface area contributed by atoms with Crippen LogP contribution in [0, 0.1) is 11.6 Å². The van der Waals surface area contributed by atoms with Gasteiger partial charge in [0.25, 0.3) is 0 Å². The van der Waals surface area contributed by atoms with Crippen LogP contribution in [-0.2, 0) is 6.42 Å². The minimum absolute atomic E-state index is 0.231. The number of rotatable bonds is 6. The largest absolute Gasteiger partial charge is 0.481 e. The number of benzene rings is 1. The summed E-state index contributed by atoms with van der Waals surface area (Å²) in [6.07, 6.45) is 2.26. The third-order valence-electron chi connectivity index (χ3n) is 3.24. The van der Waals surface area contributed by atoms with Gasteiger partial charge in [-0.1, -0.05) is 19.1 Å². The summed E-state index contributed by atoms with van der Waals surface area (Å²) >= 11 is 0. The van der Waals surface area contributed by atoms with Crippen molar-refractivity contribution in [2.45, 2.75) is 19.4 Å². The smallest absolute Gasteiger partial charge is 0.212 e. The quantitative estimate of drug-likeness (QED) is 0.887. The van der Waals surface area contributed by atoms with Crippen molar-refractivity contribution < 1.29 is 13.5 Å². The van der Waals surface area contributed by atoms with E-state index in [1.165, 1.54) is 12.1 Å². The number of nitrogens with zero attached hydrogens (tertiary/aromatic N) is 1. The monoisotopic (exact) mass is 292 g/mol. The van der Waals surface area contributed by atoms with Crippen molar-refractivity contribution in [2.75, 3.05) is 13.7 Å². The molecule has 1 aromatic heterocycles. The molecule has 112 valence electrons. The van der Waals surface area contributed by atoms with E-state index in [1.54, 1.807) is 19.4 Å². The molecule has 0 amide bonds. The summed E-state index contributed by atoms with van der Waals surface area (Å²) < 4.78 is 32.0. The number of likely N-dealkylation sites (N-methyl/N-ethyl adjacent to an activating group) is 1. The maximum absolute atomic E-state index is 13.9. The van der Waals surface area contributed by atoms with Gasteiger partial charge in [0.1, 0.15) is 11.6 Å². The van der Waals surface area contributed by atoms with Crippen LogP contribution in [0.3, 0.4) is 0 Å². The van der Waals surface area contributed by atoms with Gasteiger partial charge in [-0.3, -0.25) is 0 Å². The van der Waals surface area contributed by atoms with E-state index in [-0.39, 0.29) is 6.04 Å².